The van der Waals surface area contributed by atoms with Crippen molar-refractivity contribution in [2.75, 3.05) is 0 Å². The number of aliphatic hydroxyl groups is 1. The summed E-state index contributed by atoms with van der Waals surface area (Å²) in [4.78, 5) is 0. The SMILES string of the molecule is CC(=CC1CC2CC1C1C=CCC21)C(C)O. The molecule has 6 atom stereocenters. The molecule has 1 N–H and O–H groups in total. The summed E-state index contributed by atoms with van der Waals surface area (Å²) in [6.07, 6.45) is 11.1. The monoisotopic (exact) mass is 218 g/mol. The van der Waals surface area contributed by atoms with Gasteiger partial charge in [-0.3, -0.25) is 0 Å². The van der Waals surface area contributed by atoms with Crippen molar-refractivity contribution in [3.63, 3.8) is 0 Å². The Morgan fingerprint density at radius 1 is 1.38 bits per heavy atom. The molecule has 0 saturated heterocycles. The molecule has 6 unspecified atom stereocenters. The zero-order valence-electron chi connectivity index (χ0n) is 10.3. The minimum atomic E-state index is -0.269. The summed E-state index contributed by atoms with van der Waals surface area (Å²) in [5.41, 5.74) is 1.16. The van der Waals surface area contributed by atoms with Gasteiger partial charge in [0.25, 0.3) is 0 Å². The Bertz CT molecular complexity index is 339. The molecule has 0 aromatic heterocycles. The lowest BCUT2D eigenvalue weighted by molar-refractivity contribution is 0.221. The number of fused-ring (bicyclic) bond motifs is 5. The van der Waals surface area contributed by atoms with Crippen LogP contribution in [0, 0.1) is 29.6 Å². The fraction of sp³-hybridized carbons (Fsp3) is 0.733. The maximum Gasteiger partial charge on any atom is 0.0719 e. The van der Waals surface area contributed by atoms with Gasteiger partial charge in [-0.25, -0.2) is 0 Å². The van der Waals surface area contributed by atoms with E-state index in [9.17, 15) is 5.11 Å². The molecule has 2 bridgehead atoms. The average molecular weight is 218 g/mol. The van der Waals surface area contributed by atoms with Crippen LogP contribution in [0.25, 0.3) is 0 Å². The largest absolute Gasteiger partial charge is 0.389 e. The van der Waals surface area contributed by atoms with Gasteiger partial charge in [0.15, 0.2) is 0 Å². The van der Waals surface area contributed by atoms with E-state index in [1.54, 1.807) is 0 Å². The topological polar surface area (TPSA) is 20.2 Å². The van der Waals surface area contributed by atoms with E-state index in [4.69, 9.17) is 0 Å². The number of hydrogen-bond acceptors (Lipinski definition) is 1. The van der Waals surface area contributed by atoms with Crippen molar-refractivity contribution in [1.29, 1.82) is 0 Å². The van der Waals surface area contributed by atoms with Crippen molar-refractivity contribution >= 4 is 0 Å². The number of aliphatic hydroxyl groups excluding tert-OH is 1. The van der Waals surface area contributed by atoms with Crippen LogP contribution in [0.1, 0.15) is 33.1 Å². The van der Waals surface area contributed by atoms with E-state index in [0.29, 0.717) is 0 Å². The highest BCUT2D eigenvalue weighted by molar-refractivity contribution is 5.18. The van der Waals surface area contributed by atoms with Gasteiger partial charge in [-0.15, -0.1) is 0 Å². The van der Waals surface area contributed by atoms with Gasteiger partial charge in [0.2, 0.25) is 0 Å². The fourth-order valence-corrected chi connectivity index (χ4v) is 4.27. The van der Waals surface area contributed by atoms with Crippen molar-refractivity contribution < 1.29 is 5.11 Å². The molecular formula is C15H22O. The molecule has 3 rings (SSSR count). The summed E-state index contributed by atoms with van der Waals surface area (Å²) < 4.78 is 0. The van der Waals surface area contributed by atoms with Crippen molar-refractivity contribution in [2.24, 2.45) is 29.6 Å². The summed E-state index contributed by atoms with van der Waals surface area (Å²) in [5, 5.41) is 9.56. The van der Waals surface area contributed by atoms with E-state index in [1.807, 2.05) is 6.92 Å². The Labute approximate surface area is 98.2 Å². The first-order valence-electron chi connectivity index (χ1n) is 6.70. The van der Waals surface area contributed by atoms with Crippen molar-refractivity contribution in [3.05, 3.63) is 23.8 Å². The summed E-state index contributed by atoms with van der Waals surface area (Å²) >= 11 is 0. The Morgan fingerprint density at radius 2 is 2.19 bits per heavy atom. The van der Waals surface area contributed by atoms with Gasteiger partial charge < -0.3 is 5.11 Å². The molecule has 0 aromatic carbocycles. The molecule has 1 heteroatoms. The van der Waals surface area contributed by atoms with Crippen LogP contribution in [0.3, 0.4) is 0 Å². The van der Waals surface area contributed by atoms with Gasteiger partial charge in [0, 0.05) is 0 Å². The first kappa shape index (κ1) is 10.6. The zero-order chi connectivity index (χ0) is 11.3. The van der Waals surface area contributed by atoms with Crippen LogP contribution in [0.2, 0.25) is 0 Å². The molecule has 2 fully saturated rings. The van der Waals surface area contributed by atoms with Crippen molar-refractivity contribution in [2.45, 2.75) is 39.2 Å². The van der Waals surface area contributed by atoms with Crippen LogP contribution in [-0.4, -0.2) is 11.2 Å². The summed E-state index contributed by atoms with van der Waals surface area (Å²) in [6.45, 7) is 3.94. The molecular weight excluding hydrogens is 196 g/mol. The second-order valence-electron chi connectivity index (χ2n) is 6.05. The predicted octanol–water partition coefficient (Wildman–Crippen LogP) is 3.16. The number of hydrogen-bond donors (Lipinski definition) is 1. The molecule has 0 spiro atoms. The molecule has 0 aliphatic heterocycles. The minimum Gasteiger partial charge on any atom is -0.389 e. The lowest BCUT2D eigenvalue weighted by Gasteiger charge is -2.30. The molecule has 3 aliphatic rings. The van der Waals surface area contributed by atoms with Crippen LogP contribution in [-0.2, 0) is 0 Å². The average Bonchev–Trinajstić information content (AvgIpc) is 2.87. The molecule has 3 aliphatic carbocycles. The van der Waals surface area contributed by atoms with Crippen molar-refractivity contribution in [1.82, 2.24) is 0 Å². The Balaban J connectivity index is 1.77. The van der Waals surface area contributed by atoms with Gasteiger partial charge in [-0.1, -0.05) is 18.2 Å². The highest BCUT2D eigenvalue weighted by Gasteiger charge is 2.51. The fourth-order valence-electron chi connectivity index (χ4n) is 4.27. The molecule has 88 valence electrons. The quantitative estimate of drug-likeness (QED) is 0.706. The zero-order valence-corrected chi connectivity index (χ0v) is 10.3. The van der Waals surface area contributed by atoms with E-state index < -0.39 is 0 Å². The second kappa shape index (κ2) is 3.73. The van der Waals surface area contributed by atoms with Crippen LogP contribution in [0.4, 0.5) is 0 Å². The lowest BCUT2D eigenvalue weighted by Crippen LogP contribution is -2.23. The van der Waals surface area contributed by atoms with Crippen LogP contribution in [0.15, 0.2) is 23.8 Å². The van der Waals surface area contributed by atoms with Gasteiger partial charge in [-0.05, 0) is 68.3 Å². The van der Waals surface area contributed by atoms with Crippen LogP contribution >= 0.6 is 0 Å². The molecule has 0 radical (unpaired) electrons. The predicted molar refractivity (Wildman–Crippen MR) is 65.9 cm³/mol. The van der Waals surface area contributed by atoms with Gasteiger partial charge in [0.1, 0.15) is 0 Å². The third-order valence-corrected chi connectivity index (χ3v) is 5.20. The van der Waals surface area contributed by atoms with E-state index in [-0.39, 0.29) is 6.10 Å². The molecule has 0 amide bonds. The standard InChI is InChI=1S/C15H22O/c1-9(10(2)16)6-11-7-12-8-15(11)14-5-3-4-13(12)14/h3,5-6,10-16H,4,7-8H2,1-2H3. The van der Waals surface area contributed by atoms with Gasteiger partial charge in [0.05, 0.1) is 6.10 Å². The normalized spacial score (nSPS) is 47.4. The second-order valence-corrected chi connectivity index (χ2v) is 6.05. The maximum absolute atomic E-state index is 9.56. The van der Waals surface area contributed by atoms with E-state index in [0.717, 1.165) is 35.2 Å². The third kappa shape index (κ3) is 1.48. The lowest BCUT2D eigenvalue weighted by atomic mass is 9.75. The molecule has 0 aromatic rings. The highest BCUT2D eigenvalue weighted by Crippen LogP contribution is 2.59. The van der Waals surface area contributed by atoms with E-state index in [1.165, 1.54) is 19.3 Å². The molecule has 2 saturated carbocycles. The molecule has 1 nitrogen and oxygen atoms in total. The number of allylic oxidation sites excluding steroid dienone is 3. The maximum atomic E-state index is 9.56. The number of rotatable bonds is 2. The Morgan fingerprint density at radius 3 is 2.94 bits per heavy atom. The first-order valence-corrected chi connectivity index (χ1v) is 6.70. The minimum absolute atomic E-state index is 0.269. The molecule has 16 heavy (non-hydrogen) atoms. The Hall–Kier alpha value is -0.560. The van der Waals surface area contributed by atoms with E-state index >= 15 is 0 Å². The smallest absolute Gasteiger partial charge is 0.0719 e. The van der Waals surface area contributed by atoms with E-state index in [2.05, 4.69) is 25.2 Å². The van der Waals surface area contributed by atoms with Crippen LogP contribution < -0.4 is 0 Å². The van der Waals surface area contributed by atoms with Crippen molar-refractivity contribution in [3.8, 4) is 0 Å². The highest BCUT2D eigenvalue weighted by atomic mass is 16.3. The summed E-state index contributed by atoms with van der Waals surface area (Å²) in [7, 11) is 0. The Kier molecular flexibility index (Phi) is 2.47. The van der Waals surface area contributed by atoms with Gasteiger partial charge >= 0.3 is 0 Å². The van der Waals surface area contributed by atoms with Gasteiger partial charge in [-0.2, -0.15) is 0 Å². The van der Waals surface area contributed by atoms with Crippen LogP contribution in [0.5, 0.6) is 0 Å². The summed E-state index contributed by atoms with van der Waals surface area (Å²) in [6, 6.07) is 0. The first-order chi connectivity index (χ1) is 7.66. The third-order valence-electron chi connectivity index (χ3n) is 5.20. The summed E-state index contributed by atoms with van der Waals surface area (Å²) in [5.74, 6) is 4.42. The molecule has 0 heterocycles.